The molecule has 9 heteroatoms. The van der Waals surface area contributed by atoms with E-state index in [2.05, 4.69) is 15.6 Å². The van der Waals surface area contributed by atoms with Gasteiger partial charge in [0.15, 0.2) is 5.71 Å². The minimum Gasteiger partial charge on any atom is -0.398 e. The molecular weight excluding hydrogens is 423 g/mol. The molecule has 0 radical (unpaired) electrons. The summed E-state index contributed by atoms with van der Waals surface area (Å²) in [5, 5.41) is 10.2. The highest BCUT2D eigenvalue weighted by atomic mass is 19.4. The van der Waals surface area contributed by atoms with Crippen LogP contribution in [0.2, 0.25) is 0 Å². The van der Waals surface area contributed by atoms with E-state index in [1.165, 1.54) is 33.2 Å². The van der Waals surface area contributed by atoms with Crippen LogP contribution >= 0.6 is 0 Å². The predicted octanol–water partition coefficient (Wildman–Crippen LogP) is 4.61. The first-order chi connectivity index (χ1) is 15.1. The second-order valence-corrected chi connectivity index (χ2v) is 6.98. The van der Waals surface area contributed by atoms with E-state index < -0.39 is 17.6 Å². The molecule has 1 N–H and O–H groups in total. The van der Waals surface area contributed by atoms with Crippen molar-refractivity contribution in [3.8, 4) is 0 Å². The van der Waals surface area contributed by atoms with Crippen LogP contribution in [-0.4, -0.2) is 31.5 Å². The van der Waals surface area contributed by atoms with Crippen LogP contribution in [0.4, 0.5) is 13.2 Å². The van der Waals surface area contributed by atoms with Crippen LogP contribution < -0.4 is 5.32 Å². The Morgan fingerprint density at radius 3 is 2.44 bits per heavy atom. The topological polar surface area (TPSA) is 72.3 Å². The lowest BCUT2D eigenvalue weighted by Crippen LogP contribution is -2.29. The van der Waals surface area contributed by atoms with Crippen molar-refractivity contribution in [2.75, 3.05) is 14.2 Å². The standard InChI is InChI=1S/C23H26F3N3O3/c1-6-16-10-11-20(23(24,25)26)18(12-16)15(3)28-32-13-19-14(2)8-7-9-17(19)21(29-31-5)22(30)27-4/h7-12H,6,13H2,1-5H3,(H,27,30)/b28-15+,29-21+. The summed E-state index contributed by atoms with van der Waals surface area (Å²) >= 11 is 0. The molecule has 0 saturated heterocycles. The van der Waals surface area contributed by atoms with Crippen LogP contribution in [0.25, 0.3) is 0 Å². The van der Waals surface area contributed by atoms with E-state index in [0.29, 0.717) is 17.5 Å². The number of benzene rings is 2. The highest BCUT2D eigenvalue weighted by molar-refractivity contribution is 6.45. The molecule has 0 atom stereocenters. The van der Waals surface area contributed by atoms with Crippen molar-refractivity contribution < 1.29 is 27.6 Å². The Balaban J connectivity index is 2.39. The van der Waals surface area contributed by atoms with Gasteiger partial charge in [-0.3, -0.25) is 4.79 Å². The molecule has 0 aliphatic heterocycles. The highest BCUT2D eigenvalue weighted by Crippen LogP contribution is 2.33. The van der Waals surface area contributed by atoms with Crippen molar-refractivity contribution in [1.29, 1.82) is 0 Å². The summed E-state index contributed by atoms with van der Waals surface area (Å²) in [7, 11) is 2.79. The Morgan fingerprint density at radius 2 is 1.84 bits per heavy atom. The van der Waals surface area contributed by atoms with Gasteiger partial charge in [-0.1, -0.05) is 41.5 Å². The van der Waals surface area contributed by atoms with Crippen LogP contribution in [-0.2, 0) is 33.7 Å². The van der Waals surface area contributed by atoms with E-state index in [9.17, 15) is 18.0 Å². The minimum absolute atomic E-state index is 0.0335. The van der Waals surface area contributed by atoms with Crippen molar-refractivity contribution in [1.82, 2.24) is 5.32 Å². The molecule has 172 valence electrons. The second kappa shape index (κ2) is 10.8. The Bertz CT molecular complexity index is 1030. The largest absolute Gasteiger partial charge is 0.417 e. The normalized spacial score (nSPS) is 12.5. The molecule has 0 aliphatic rings. The maximum atomic E-state index is 13.4. The molecule has 32 heavy (non-hydrogen) atoms. The average molecular weight is 449 g/mol. The molecule has 0 fully saturated rings. The molecule has 0 heterocycles. The van der Waals surface area contributed by atoms with Gasteiger partial charge >= 0.3 is 6.18 Å². The van der Waals surface area contributed by atoms with Gasteiger partial charge in [-0.25, -0.2) is 0 Å². The number of carbonyl (C=O) groups is 1. The van der Waals surface area contributed by atoms with Gasteiger partial charge in [0.1, 0.15) is 13.7 Å². The summed E-state index contributed by atoms with van der Waals surface area (Å²) in [6, 6.07) is 9.24. The second-order valence-electron chi connectivity index (χ2n) is 6.98. The van der Waals surface area contributed by atoms with Crippen molar-refractivity contribution >= 4 is 17.3 Å². The molecular formula is C23H26F3N3O3. The fourth-order valence-electron chi connectivity index (χ4n) is 3.14. The van der Waals surface area contributed by atoms with Crippen LogP contribution in [0.15, 0.2) is 46.7 Å². The lowest BCUT2D eigenvalue weighted by molar-refractivity contribution is -0.137. The first-order valence-electron chi connectivity index (χ1n) is 9.93. The molecule has 0 aromatic heterocycles. The SMILES string of the molecule is CCc1ccc(C(F)(F)F)c(/C(C)=N/OCc2c(C)cccc2/C(=N\OC)C(=O)NC)c1. The maximum Gasteiger partial charge on any atom is 0.417 e. The maximum absolute atomic E-state index is 13.4. The molecule has 6 nitrogen and oxygen atoms in total. The average Bonchev–Trinajstić information content (AvgIpc) is 2.76. The quantitative estimate of drug-likeness (QED) is 0.472. The minimum atomic E-state index is -4.51. The molecule has 2 aromatic carbocycles. The van der Waals surface area contributed by atoms with Crippen LogP contribution in [0.5, 0.6) is 0 Å². The van der Waals surface area contributed by atoms with E-state index in [-0.39, 0.29) is 23.6 Å². The number of likely N-dealkylation sites (N-methyl/N-ethyl adjacent to an activating group) is 1. The van der Waals surface area contributed by atoms with Crippen molar-refractivity contribution in [3.05, 3.63) is 69.8 Å². The number of aryl methyl sites for hydroxylation is 2. The molecule has 0 saturated carbocycles. The first-order valence-corrected chi connectivity index (χ1v) is 9.93. The summed E-state index contributed by atoms with van der Waals surface area (Å²) in [4.78, 5) is 22.5. The Morgan fingerprint density at radius 1 is 1.12 bits per heavy atom. The number of nitrogens with zero attached hydrogens (tertiary/aromatic N) is 2. The van der Waals surface area contributed by atoms with Gasteiger partial charge in [-0.2, -0.15) is 13.2 Å². The number of amides is 1. The van der Waals surface area contributed by atoms with E-state index in [1.807, 2.05) is 19.9 Å². The number of rotatable bonds is 8. The molecule has 1 amide bonds. The third kappa shape index (κ3) is 5.87. The summed E-state index contributed by atoms with van der Waals surface area (Å²) in [6.45, 7) is 5.07. The molecule has 2 rings (SSSR count). The first kappa shape index (κ1) is 24.9. The van der Waals surface area contributed by atoms with Gasteiger partial charge in [0, 0.05) is 23.7 Å². The zero-order chi connectivity index (χ0) is 23.9. The number of nitrogens with one attached hydrogen (secondary N) is 1. The number of halogens is 3. The molecule has 0 aliphatic carbocycles. The Kier molecular flexibility index (Phi) is 8.40. The van der Waals surface area contributed by atoms with Gasteiger partial charge in [0.25, 0.3) is 5.91 Å². The number of hydrogen-bond donors (Lipinski definition) is 1. The van der Waals surface area contributed by atoms with Crippen molar-refractivity contribution in [3.63, 3.8) is 0 Å². The van der Waals surface area contributed by atoms with E-state index in [4.69, 9.17) is 9.68 Å². The Hall–Kier alpha value is -3.36. The van der Waals surface area contributed by atoms with Gasteiger partial charge in [-0.15, -0.1) is 0 Å². The third-order valence-electron chi connectivity index (χ3n) is 4.89. The van der Waals surface area contributed by atoms with E-state index >= 15 is 0 Å². The van der Waals surface area contributed by atoms with Gasteiger partial charge in [0.05, 0.1) is 11.3 Å². The zero-order valence-corrected chi connectivity index (χ0v) is 18.6. The number of oxime groups is 2. The Labute approximate surface area is 185 Å². The molecule has 0 spiro atoms. The van der Waals surface area contributed by atoms with Crippen LogP contribution in [0.3, 0.4) is 0 Å². The number of carbonyl (C=O) groups excluding carboxylic acids is 1. The summed E-state index contributed by atoms with van der Waals surface area (Å²) in [5.74, 6) is -0.454. The molecule has 0 bridgehead atoms. The lowest BCUT2D eigenvalue weighted by Gasteiger charge is -2.15. The van der Waals surface area contributed by atoms with Crippen LogP contribution in [0.1, 0.15) is 47.2 Å². The number of hydrogen-bond acceptors (Lipinski definition) is 5. The van der Waals surface area contributed by atoms with Gasteiger partial charge < -0.3 is 15.0 Å². The van der Waals surface area contributed by atoms with Gasteiger partial charge in [0.2, 0.25) is 0 Å². The summed E-state index contributed by atoms with van der Waals surface area (Å²) in [6.07, 6.45) is -3.92. The van der Waals surface area contributed by atoms with Crippen molar-refractivity contribution in [2.45, 2.75) is 40.0 Å². The molecule has 2 aromatic rings. The van der Waals surface area contributed by atoms with E-state index in [0.717, 1.165) is 17.2 Å². The smallest absolute Gasteiger partial charge is 0.398 e. The highest BCUT2D eigenvalue weighted by Gasteiger charge is 2.34. The zero-order valence-electron chi connectivity index (χ0n) is 18.6. The fourth-order valence-corrected chi connectivity index (χ4v) is 3.14. The summed E-state index contributed by atoms with van der Waals surface area (Å²) in [5.41, 5.74) is 1.98. The van der Waals surface area contributed by atoms with Crippen LogP contribution in [0, 0.1) is 6.92 Å². The molecule has 0 unspecified atom stereocenters. The lowest BCUT2D eigenvalue weighted by atomic mass is 9.98. The number of alkyl halides is 3. The monoisotopic (exact) mass is 449 g/mol. The fraction of sp³-hybridized carbons (Fsp3) is 0.348. The van der Waals surface area contributed by atoms with Crippen molar-refractivity contribution in [2.24, 2.45) is 10.3 Å². The third-order valence-corrected chi connectivity index (χ3v) is 4.89. The van der Waals surface area contributed by atoms with Gasteiger partial charge in [-0.05, 0) is 43.5 Å². The van der Waals surface area contributed by atoms with E-state index in [1.54, 1.807) is 12.1 Å². The predicted molar refractivity (Wildman–Crippen MR) is 117 cm³/mol. The summed E-state index contributed by atoms with van der Waals surface area (Å²) < 4.78 is 40.3.